The van der Waals surface area contributed by atoms with Crippen molar-refractivity contribution < 1.29 is 13.3 Å². The summed E-state index contributed by atoms with van der Waals surface area (Å²) in [6.07, 6.45) is 0.482. The lowest BCUT2D eigenvalue weighted by atomic mass is 10.3. The lowest BCUT2D eigenvalue weighted by Gasteiger charge is -2.03. The van der Waals surface area contributed by atoms with Crippen LogP contribution < -0.4 is 4.72 Å². The second kappa shape index (κ2) is 5.95. The van der Waals surface area contributed by atoms with E-state index in [1.165, 1.54) is 16.7 Å². The Labute approximate surface area is 123 Å². The van der Waals surface area contributed by atoms with Crippen molar-refractivity contribution in [3.63, 3.8) is 0 Å². The van der Waals surface area contributed by atoms with Gasteiger partial charge >= 0.3 is 5.00 Å². The Morgan fingerprint density at radius 2 is 2.15 bits per heavy atom. The van der Waals surface area contributed by atoms with E-state index in [2.05, 4.69) is 9.71 Å². The van der Waals surface area contributed by atoms with Gasteiger partial charge < -0.3 is 0 Å². The molecule has 0 aliphatic rings. The Kier molecular flexibility index (Phi) is 4.48. The van der Waals surface area contributed by atoms with Gasteiger partial charge in [0.25, 0.3) is 0 Å². The van der Waals surface area contributed by atoms with Gasteiger partial charge in [-0.2, -0.15) is 0 Å². The smallest absolute Gasteiger partial charge is 0.258 e. The fourth-order valence-corrected chi connectivity index (χ4v) is 4.23. The molecular formula is C10H11N3O4S3. The lowest BCUT2D eigenvalue weighted by Crippen LogP contribution is -2.25. The van der Waals surface area contributed by atoms with E-state index in [0.29, 0.717) is 6.42 Å². The zero-order valence-electron chi connectivity index (χ0n) is 10.4. The van der Waals surface area contributed by atoms with E-state index in [0.717, 1.165) is 28.1 Å². The van der Waals surface area contributed by atoms with Crippen LogP contribution in [0.3, 0.4) is 0 Å². The quantitative estimate of drug-likeness (QED) is 0.643. The number of aromatic nitrogens is 1. The molecule has 2 aromatic heterocycles. The SMILES string of the molecule is Cc1nc(CCNS(=O)(=O)c2csc([N+](=O)[O-])c2)cs1. The molecule has 0 spiro atoms. The van der Waals surface area contributed by atoms with E-state index in [9.17, 15) is 18.5 Å². The summed E-state index contributed by atoms with van der Waals surface area (Å²) in [5.41, 5.74) is 0.825. The molecule has 0 aliphatic carbocycles. The molecule has 0 saturated carbocycles. The molecule has 2 heterocycles. The van der Waals surface area contributed by atoms with Crippen molar-refractivity contribution in [2.45, 2.75) is 18.2 Å². The first-order valence-corrected chi connectivity index (χ1v) is 8.76. The third-order valence-electron chi connectivity index (χ3n) is 2.39. The van der Waals surface area contributed by atoms with Gasteiger partial charge in [-0.1, -0.05) is 11.3 Å². The molecule has 0 fully saturated rings. The molecular weight excluding hydrogens is 322 g/mol. The Morgan fingerprint density at radius 3 is 2.70 bits per heavy atom. The average molecular weight is 333 g/mol. The number of hydrogen-bond acceptors (Lipinski definition) is 7. The van der Waals surface area contributed by atoms with Crippen LogP contribution in [0.5, 0.6) is 0 Å². The van der Waals surface area contributed by atoms with Crippen LogP contribution in [-0.4, -0.2) is 24.9 Å². The number of nitrogens with zero attached hydrogens (tertiary/aromatic N) is 2. The minimum Gasteiger partial charge on any atom is -0.258 e. The van der Waals surface area contributed by atoms with E-state index in [1.54, 1.807) is 0 Å². The molecule has 0 amide bonds. The Morgan fingerprint density at radius 1 is 1.40 bits per heavy atom. The van der Waals surface area contributed by atoms with Crippen LogP contribution in [0.4, 0.5) is 5.00 Å². The predicted octanol–water partition coefficient (Wildman–Crippen LogP) is 1.94. The monoisotopic (exact) mass is 333 g/mol. The van der Waals surface area contributed by atoms with Crippen molar-refractivity contribution in [1.82, 2.24) is 9.71 Å². The van der Waals surface area contributed by atoms with E-state index in [-0.39, 0.29) is 16.4 Å². The summed E-state index contributed by atoms with van der Waals surface area (Å²) >= 11 is 2.29. The zero-order chi connectivity index (χ0) is 14.8. The highest BCUT2D eigenvalue weighted by molar-refractivity contribution is 7.89. The van der Waals surface area contributed by atoms with E-state index in [4.69, 9.17) is 0 Å². The highest BCUT2D eigenvalue weighted by Crippen LogP contribution is 2.25. The first-order valence-electron chi connectivity index (χ1n) is 5.52. The van der Waals surface area contributed by atoms with Crippen LogP contribution in [0.2, 0.25) is 0 Å². The minimum atomic E-state index is -3.70. The molecule has 1 N–H and O–H groups in total. The van der Waals surface area contributed by atoms with Crippen molar-refractivity contribution in [3.05, 3.63) is 37.6 Å². The van der Waals surface area contributed by atoms with Gasteiger partial charge in [-0.3, -0.25) is 10.1 Å². The number of sulfonamides is 1. The normalized spacial score (nSPS) is 11.7. The lowest BCUT2D eigenvalue weighted by molar-refractivity contribution is -0.380. The third kappa shape index (κ3) is 3.60. The van der Waals surface area contributed by atoms with Crippen molar-refractivity contribution in [1.29, 1.82) is 0 Å². The second-order valence-electron chi connectivity index (χ2n) is 3.88. The van der Waals surface area contributed by atoms with Crippen LogP contribution in [0.25, 0.3) is 0 Å². The summed E-state index contributed by atoms with van der Waals surface area (Å²) < 4.78 is 26.2. The van der Waals surface area contributed by atoms with Crippen molar-refractivity contribution in [2.75, 3.05) is 6.54 Å². The van der Waals surface area contributed by atoms with Gasteiger partial charge in [-0.25, -0.2) is 18.1 Å². The summed E-state index contributed by atoms with van der Waals surface area (Å²) in [5, 5.41) is 14.4. The summed E-state index contributed by atoms with van der Waals surface area (Å²) in [6, 6.07) is 1.06. The number of aryl methyl sites for hydroxylation is 1. The van der Waals surface area contributed by atoms with Crippen LogP contribution in [0.15, 0.2) is 21.7 Å². The zero-order valence-corrected chi connectivity index (χ0v) is 12.8. The maximum atomic E-state index is 11.9. The number of nitrogens with one attached hydrogen (secondary N) is 1. The molecule has 10 heteroatoms. The second-order valence-corrected chi connectivity index (χ2v) is 7.60. The fourth-order valence-electron chi connectivity index (χ4n) is 1.46. The molecule has 2 rings (SSSR count). The van der Waals surface area contributed by atoms with Gasteiger partial charge in [-0.05, 0) is 6.92 Å². The van der Waals surface area contributed by atoms with Crippen molar-refractivity contribution in [2.24, 2.45) is 0 Å². The minimum absolute atomic E-state index is 0.0799. The van der Waals surface area contributed by atoms with Gasteiger partial charge in [0.15, 0.2) is 0 Å². The molecule has 0 bridgehead atoms. The largest absolute Gasteiger partial charge is 0.325 e. The molecule has 20 heavy (non-hydrogen) atoms. The molecule has 0 atom stereocenters. The van der Waals surface area contributed by atoms with Gasteiger partial charge in [0.1, 0.15) is 0 Å². The molecule has 0 aliphatic heterocycles. The standard InChI is InChI=1S/C10H11N3O4S3/c1-7-12-8(5-18-7)2-3-11-20(16,17)9-4-10(13(14)15)19-6-9/h4-6,11H,2-3H2,1H3. The van der Waals surface area contributed by atoms with E-state index >= 15 is 0 Å². The van der Waals surface area contributed by atoms with Crippen LogP contribution in [-0.2, 0) is 16.4 Å². The number of hydrogen-bond donors (Lipinski definition) is 1. The Hall–Kier alpha value is -1.36. The maximum Gasteiger partial charge on any atom is 0.325 e. The third-order valence-corrected chi connectivity index (χ3v) is 5.68. The topological polar surface area (TPSA) is 102 Å². The van der Waals surface area contributed by atoms with Gasteiger partial charge in [0.2, 0.25) is 10.0 Å². The Bertz CT molecular complexity index is 720. The highest BCUT2D eigenvalue weighted by atomic mass is 32.2. The van der Waals surface area contributed by atoms with Gasteiger partial charge in [0, 0.05) is 29.8 Å². The molecule has 0 radical (unpaired) electrons. The summed E-state index contributed by atoms with van der Waals surface area (Å²) in [5.74, 6) is 0. The molecule has 108 valence electrons. The Balaban J connectivity index is 1.98. The molecule has 0 aromatic carbocycles. The summed E-state index contributed by atoms with van der Waals surface area (Å²) in [7, 11) is -3.70. The van der Waals surface area contributed by atoms with Crippen molar-refractivity contribution >= 4 is 37.7 Å². The average Bonchev–Trinajstić information content (AvgIpc) is 2.98. The van der Waals surface area contributed by atoms with E-state index in [1.807, 2.05) is 12.3 Å². The van der Waals surface area contributed by atoms with Crippen LogP contribution in [0.1, 0.15) is 10.7 Å². The maximum absolute atomic E-state index is 11.9. The summed E-state index contributed by atoms with van der Waals surface area (Å²) in [4.78, 5) is 14.1. The fraction of sp³-hybridized carbons (Fsp3) is 0.300. The first-order chi connectivity index (χ1) is 9.38. The van der Waals surface area contributed by atoms with Gasteiger partial charge in [0.05, 0.1) is 20.5 Å². The van der Waals surface area contributed by atoms with Crippen LogP contribution in [0, 0.1) is 17.0 Å². The highest BCUT2D eigenvalue weighted by Gasteiger charge is 2.20. The number of nitro groups is 1. The predicted molar refractivity (Wildman–Crippen MR) is 76.7 cm³/mol. The first kappa shape index (κ1) is 15.0. The molecule has 0 unspecified atom stereocenters. The van der Waals surface area contributed by atoms with Crippen molar-refractivity contribution in [3.8, 4) is 0 Å². The molecule has 0 saturated heterocycles. The van der Waals surface area contributed by atoms with Crippen LogP contribution >= 0.6 is 22.7 Å². The number of thiazole rings is 1. The van der Waals surface area contributed by atoms with E-state index < -0.39 is 14.9 Å². The molecule has 2 aromatic rings. The molecule has 7 nitrogen and oxygen atoms in total. The number of thiophene rings is 1. The summed E-state index contributed by atoms with van der Waals surface area (Å²) in [6.45, 7) is 2.08. The number of rotatable bonds is 6. The van der Waals surface area contributed by atoms with Gasteiger partial charge in [-0.15, -0.1) is 11.3 Å².